The Kier molecular flexibility index (Phi) is 8.53. The summed E-state index contributed by atoms with van der Waals surface area (Å²) in [6, 6.07) is 15.4. The molecule has 220 valence electrons. The maximum atomic E-state index is 13.1. The number of aryl methyl sites for hydroxylation is 1. The minimum atomic E-state index is -3.49. The van der Waals surface area contributed by atoms with Crippen molar-refractivity contribution < 1.29 is 13.2 Å². The van der Waals surface area contributed by atoms with Gasteiger partial charge >= 0.3 is 0 Å². The van der Waals surface area contributed by atoms with Gasteiger partial charge < -0.3 is 15.4 Å². The van der Waals surface area contributed by atoms with Crippen LogP contribution in [0.4, 0.5) is 11.6 Å². The fraction of sp³-hybridized carbons (Fsp3) is 0.406. The van der Waals surface area contributed by atoms with Gasteiger partial charge in [0.2, 0.25) is 21.9 Å². The average Bonchev–Trinajstić information content (AvgIpc) is 3.00. The Hall–Kier alpha value is -3.76. The standard InChI is InChI=1S/C32H38N6O3S/c1-22-14-15-25-26(11-5-13-29(25)38-42(39,40)21-23-8-3-2-4-9-23)30(22)41-31-27(12-7-18-34-31)28-16-19-35-32(37-28)36-24-10-6-17-33-20-24/h5,7,11-16,18-19,23-24,33,38H,2-4,6,8-10,17,20-21H2,1H3,(H,35,36,37)/t24-/m0/s1. The number of piperidine rings is 1. The molecule has 9 nitrogen and oxygen atoms in total. The number of aromatic nitrogens is 3. The van der Waals surface area contributed by atoms with E-state index in [0.717, 1.165) is 73.5 Å². The third kappa shape index (κ3) is 6.65. The van der Waals surface area contributed by atoms with Crippen LogP contribution in [-0.4, -0.2) is 48.3 Å². The van der Waals surface area contributed by atoms with Crippen molar-refractivity contribution in [2.24, 2.45) is 5.92 Å². The van der Waals surface area contributed by atoms with Crippen LogP contribution in [0.15, 0.2) is 60.9 Å². The molecule has 2 fully saturated rings. The van der Waals surface area contributed by atoms with E-state index < -0.39 is 10.0 Å². The lowest BCUT2D eigenvalue weighted by atomic mass is 9.91. The summed E-state index contributed by atoms with van der Waals surface area (Å²) in [6.07, 6.45) is 11.0. The lowest BCUT2D eigenvalue weighted by molar-refractivity contribution is 0.385. The highest BCUT2D eigenvalue weighted by molar-refractivity contribution is 7.92. The predicted molar refractivity (Wildman–Crippen MR) is 168 cm³/mol. The average molecular weight is 587 g/mol. The summed E-state index contributed by atoms with van der Waals surface area (Å²) in [5.41, 5.74) is 2.91. The quantitative estimate of drug-likeness (QED) is 0.210. The Morgan fingerprint density at radius 2 is 1.81 bits per heavy atom. The lowest BCUT2D eigenvalue weighted by Gasteiger charge is -2.23. The second-order valence-corrected chi connectivity index (χ2v) is 13.2. The van der Waals surface area contributed by atoms with E-state index in [2.05, 4.69) is 25.3 Å². The third-order valence-corrected chi connectivity index (χ3v) is 9.63. The number of hydrogen-bond acceptors (Lipinski definition) is 8. The van der Waals surface area contributed by atoms with Gasteiger partial charge in [-0.05, 0) is 74.9 Å². The number of fused-ring (bicyclic) bond motifs is 1. The van der Waals surface area contributed by atoms with Crippen LogP contribution in [0.1, 0.15) is 50.5 Å². The highest BCUT2D eigenvalue weighted by Crippen LogP contribution is 2.39. The summed E-state index contributed by atoms with van der Waals surface area (Å²) in [5.74, 6) is 1.99. The number of pyridine rings is 1. The smallest absolute Gasteiger partial charge is 0.233 e. The van der Waals surface area contributed by atoms with E-state index in [1.807, 2.05) is 55.5 Å². The van der Waals surface area contributed by atoms with Crippen molar-refractivity contribution in [2.45, 2.75) is 57.9 Å². The summed E-state index contributed by atoms with van der Waals surface area (Å²) in [4.78, 5) is 13.8. The molecule has 2 aromatic heterocycles. The molecule has 1 saturated heterocycles. The molecule has 0 spiro atoms. The number of sulfonamides is 1. The zero-order chi connectivity index (χ0) is 28.9. The third-order valence-electron chi connectivity index (χ3n) is 8.19. The van der Waals surface area contributed by atoms with Crippen molar-refractivity contribution >= 4 is 32.4 Å². The van der Waals surface area contributed by atoms with Crippen molar-refractivity contribution in [1.29, 1.82) is 0 Å². The first-order chi connectivity index (χ1) is 20.4. The number of rotatable bonds is 9. The molecule has 10 heteroatoms. The minimum absolute atomic E-state index is 0.156. The van der Waals surface area contributed by atoms with Crippen LogP contribution in [0.3, 0.4) is 0 Å². The van der Waals surface area contributed by atoms with Crippen LogP contribution in [0.25, 0.3) is 22.0 Å². The second kappa shape index (κ2) is 12.6. The molecule has 6 rings (SSSR count). The minimum Gasteiger partial charge on any atom is -0.437 e. The monoisotopic (exact) mass is 586 g/mol. The number of anilines is 2. The van der Waals surface area contributed by atoms with Crippen molar-refractivity contribution in [3.05, 3.63) is 66.5 Å². The van der Waals surface area contributed by atoms with Crippen LogP contribution in [0.5, 0.6) is 11.6 Å². The highest BCUT2D eigenvalue weighted by Gasteiger charge is 2.23. The largest absolute Gasteiger partial charge is 0.437 e. The molecule has 0 unspecified atom stereocenters. The van der Waals surface area contributed by atoms with Crippen LogP contribution in [-0.2, 0) is 10.0 Å². The maximum absolute atomic E-state index is 13.1. The summed E-state index contributed by atoms with van der Waals surface area (Å²) in [6.45, 7) is 3.90. The Morgan fingerprint density at radius 3 is 2.64 bits per heavy atom. The molecule has 3 N–H and O–H groups in total. The predicted octanol–water partition coefficient (Wildman–Crippen LogP) is 6.28. The molecule has 1 aliphatic heterocycles. The van der Waals surface area contributed by atoms with Gasteiger partial charge in [0.25, 0.3) is 0 Å². The lowest BCUT2D eigenvalue weighted by Crippen LogP contribution is -2.38. The molecule has 2 aromatic carbocycles. The summed E-state index contributed by atoms with van der Waals surface area (Å²) < 4.78 is 35.7. The molecule has 4 aromatic rings. The van der Waals surface area contributed by atoms with E-state index in [1.54, 1.807) is 12.4 Å². The molecule has 2 aliphatic rings. The van der Waals surface area contributed by atoms with Crippen molar-refractivity contribution in [3.63, 3.8) is 0 Å². The van der Waals surface area contributed by atoms with Gasteiger partial charge in [0.1, 0.15) is 5.75 Å². The SMILES string of the molecule is Cc1ccc2c(NS(=O)(=O)CC3CCCCC3)cccc2c1Oc1ncccc1-c1ccnc(N[C@H]2CCCNC2)n1. The first-order valence-electron chi connectivity index (χ1n) is 14.9. The van der Waals surface area contributed by atoms with E-state index in [4.69, 9.17) is 9.72 Å². The van der Waals surface area contributed by atoms with Crippen LogP contribution in [0.2, 0.25) is 0 Å². The second-order valence-electron chi connectivity index (χ2n) is 11.4. The normalized spacial score (nSPS) is 18.1. The molecule has 42 heavy (non-hydrogen) atoms. The molecule has 0 bridgehead atoms. The van der Waals surface area contributed by atoms with Crippen LogP contribution < -0.4 is 20.1 Å². The number of hydrogen-bond donors (Lipinski definition) is 3. The van der Waals surface area contributed by atoms with E-state index in [1.165, 1.54) is 6.42 Å². The van der Waals surface area contributed by atoms with Gasteiger partial charge in [-0.2, -0.15) is 0 Å². The topological polar surface area (TPSA) is 118 Å². The maximum Gasteiger partial charge on any atom is 0.233 e. The zero-order valence-corrected chi connectivity index (χ0v) is 24.8. The van der Waals surface area contributed by atoms with E-state index in [9.17, 15) is 8.42 Å². The van der Waals surface area contributed by atoms with Gasteiger partial charge in [0.05, 0.1) is 22.7 Å². The van der Waals surface area contributed by atoms with E-state index >= 15 is 0 Å². The Bertz CT molecular complexity index is 1650. The van der Waals surface area contributed by atoms with Gasteiger partial charge in [-0.3, -0.25) is 4.72 Å². The van der Waals surface area contributed by atoms with E-state index in [-0.39, 0.29) is 17.7 Å². The van der Waals surface area contributed by atoms with Gasteiger partial charge in [0.15, 0.2) is 0 Å². The highest BCUT2D eigenvalue weighted by atomic mass is 32.2. The van der Waals surface area contributed by atoms with Crippen LogP contribution >= 0.6 is 0 Å². The van der Waals surface area contributed by atoms with Gasteiger partial charge in [-0.1, -0.05) is 43.5 Å². The Labute approximate surface area is 247 Å². The molecule has 0 amide bonds. The molecular formula is C32H38N6O3S. The summed E-state index contributed by atoms with van der Waals surface area (Å²) >= 11 is 0. The first-order valence-corrected chi connectivity index (χ1v) is 16.6. The zero-order valence-electron chi connectivity index (χ0n) is 24.0. The molecule has 0 radical (unpaired) electrons. The Balaban J connectivity index is 1.28. The summed E-state index contributed by atoms with van der Waals surface area (Å²) in [7, 11) is -3.49. The fourth-order valence-electron chi connectivity index (χ4n) is 6.04. The van der Waals surface area contributed by atoms with Crippen molar-refractivity contribution in [3.8, 4) is 22.9 Å². The number of nitrogens with zero attached hydrogens (tertiary/aromatic N) is 3. The fourth-order valence-corrected chi connectivity index (χ4v) is 7.59. The molecule has 1 saturated carbocycles. The molecule has 1 atom stereocenters. The molecule has 1 aliphatic carbocycles. The first kappa shape index (κ1) is 28.4. The van der Waals surface area contributed by atoms with E-state index in [0.29, 0.717) is 29.0 Å². The van der Waals surface area contributed by atoms with Crippen LogP contribution in [0, 0.1) is 12.8 Å². The Morgan fingerprint density at radius 1 is 0.929 bits per heavy atom. The molecular weight excluding hydrogens is 548 g/mol. The van der Waals surface area contributed by atoms with Crippen molar-refractivity contribution in [1.82, 2.24) is 20.3 Å². The van der Waals surface area contributed by atoms with Crippen molar-refractivity contribution in [2.75, 3.05) is 28.9 Å². The summed E-state index contributed by atoms with van der Waals surface area (Å²) in [5, 5.41) is 8.43. The number of ether oxygens (including phenoxy) is 1. The van der Waals surface area contributed by atoms with Gasteiger partial charge in [-0.15, -0.1) is 0 Å². The van der Waals surface area contributed by atoms with Gasteiger partial charge in [-0.25, -0.2) is 23.4 Å². The number of nitrogens with one attached hydrogen (secondary N) is 3. The van der Waals surface area contributed by atoms with Gasteiger partial charge in [0, 0.05) is 35.8 Å². The molecule has 3 heterocycles. The number of benzene rings is 2.